The van der Waals surface area contributed by atoms with E-state index < -0.39 is 29.3 Å². The van der Waals surface area contributed by atoms with Crippen LogP contribution in [0.25, 0.3) is 11.1 Å². The zero-order valence-corrected chi connectivity index (χ0v) is 25.9. The van der Waals surface area contributed by atoms with Crippen molar-refractivity contribution >= 4 is 11.9 Å². The predicted octanol–water partition coefficient (Wildman–Crippen LogP) is 7.33. The summed E-state index contributed by atoms with van der Waals surface area (Å²) < 4.78 is 41.8. The minimum Gasteiger partial charge on any atom is -0.490 e. The van der Waals surface area contributed by atoms with Crippen LogP contribution in [-0.4, -0.2) is 40.6 Å². The van der Waals surface area contributed by atoms with Gasteiger partial charge in [0.05, 0.1) is 12.2 Å². The molecule has 0 bridgehead atoms. The molecule has 0 fully saturated rings. The number of fused-ring (bicyclic) bond motifs is 2. The topological polar surface area (TPSA) is 76.1 Å². The largest absolute Gasteiger partial charge is 0.490 e. The van der Waals surface area contributed by atoms with Crippen molar-refractivity contribution in [1.82, 2.24) is 4.90 Å². The molecule has 0 aliphatic carbocycles. The molecule has 5 rings (SSSR count). The van der Waals surface area contributed by atoms with Gasteiger partial charge < -0.3 is 19.5 Å². The predicted molar refractivity (Wildman–Crippen MR) is 161 cm³/mol. The minimum atomic E-state index is -1.30. The van der Waals surface area contributed by atoms with Gasteiger partial charge in [-0.2, -0.15) is 0 Å². The number of hydrogen-bond donors (Lipinski definition) is 1. The van der Waals surface area contributed by atoms with Crippen LogP contribution in [0.1, 0.15) is 88.2 Å². The van der Waals surface area contributed by atoms with Crippen molar-refractivity contribution in [3.63, 3.8) is 0 Å². The van der Waals surface area contributed by atoms with Gasteiger partial charge in [0.25, 0.3) is 5.91 Å². The van der Waals surface area contributed by atoms with E-state index in [0.717, 1.165) is 39.8 Å². The van der Waals surface area contributed by atoms with Crippen LogP contribution in [0.4, 0.5) is 8.78 Å². The molecule has 6 nitrogen and oxygen atoms in total. The summed E-state index contributed by atoms with van der Waals surface area (Å²) in [6, 6.07) is 5.93. The molecule has 0 unspecified atom stereocenters. The van der Waals surface area contributed by atoms with Crippen LogP contribution in [0.2, 0.25) is 0 Å². The molecule has 228 valence electrons. The van der Waals surface area contributed by atoms with Gasteiger partial charge in [0.15, 0.2) is 17.7 Å². The van der Waals surface area contributed by atoms with E-state index in [1.165, 1.54) is 12.1 Å². The first-order valence-corrected chi connectivity index (χ1v) is 14.8. The third-order valence-corrected chi connectivity index (χ3v) is 8.67. The monoisotopic (exact) mass is 591 g/mol. The van der Waals surface area contributed by atoms with Gasteiger partial charge in [-0.1, -0.05) is 6.07 Å². The Labute approximate surface area is 251 Å². The minimum absolute atomic E-state index is 0.254. The van der Waals surface area contributed by atoms with Crippen molar-refractivity contribution in [3.8, 4) is 16.9 Å². The number of carbonyl (C=O) groups is 2. The molecule has 2 aliphatic heterocycles. The van der Waals surface area contributed by atoms with E-state index in [1.807, 2.05) is 41.5 Å². The maximum atomic E-state index is 15.6. The Bertz CT molecular complexity index is 1640. The Kier molecular flexibility index (Phi) is 8.11. The number of carboxylic acids is 1. The van der Waals surface area contributed by atoms with Crippen LogP contribution >= 0.6 is 0 Å². The number of carbonyl (C=O) groups excluding carboxylic acids is 1. The SMILES string of the molecule is Cc1ccc(C(=O)N2CCc3c(C)c([C@H](OC(C)(C)C)C(=O)O)c(-c4cc(F)c5c(c4C)CCCO5)c(C)c3C2)cc1F. The Hall–Kier alpha value is -3.78. The summed E-state index contributed by atoms with van der Waals surface area (Å²) >= 11 is 0. The highest BCUT2D eigenvalue weighted by Crippen LogP contribution is 2.46. The smallest absolute Gasteiger partial charge is 0.337 e. The fraction of sp³-hybridized carbons (Fsp3) is 0.429. The van der Waals surface area contributed by atoms with Gasteiger partial charge in [-0.3, -0.25) is 4.79 Å². The first-order valence-electron chi connectivity index (χ1n) is 14.8. The molecule has 2 aliphatic rings. The van der Waals surface area contributed by atoms with E-state index in [9.17, 15) is 19.1 Å². The number of benzene rings is 3. The van der Waals surface area contributed by atoms with Gasteiger partial charge in [-0.05, 0) is 130 Å². The third-order valence-electron chi connectivity index (χ3n) is 8.67. The zero-order chi connectivity index (χ0) is 31.4. The highest BCUT2D eigenvalue weighted by atomic mass is 19.1. The van der Waals surface area contributed by atoms with Crippen LogP contribution in [-0.2, 0) is 28.9 Å². The molecule has 1 atom stereocenters. The van der Waals surface area contributed by atoms with Crippen molar-refractivity contribution in [2.45, 2.75) is 86.0 Å². The summed E-state index contributed by atoms with van der Waals surface area (Å²) in [4.78, 5) is 28.0. The Morgan fingerprint density at radius 3 is 2.33 bits per heavy atom. The number of aliphatic carboxylic acids is 1. The molecule has 3 aromatic rings. The van der Waals surface area contributed by atoms with Crippen LogP contribution in [0, 0.1) is 39.3 Å². The van der Waals surface area contributed by atoms with Crippen molar-refractivity contribution in [1.29, 1.82) is 0 Å². The molecule has 43 heavy (non-hydrogen) atoms. The van der Waals surface area contributed by atoms with Gasteiger partial charge in [0, 0.05) is 29.8 Å². The van der Waals surface area contributed by atoms with Crippen molar-refractivity contribution < 1.29 is 33.0 Å². The Balaban J connectivity index is 1.73. The van der Waals surface area contributed by atoms with Crippen molar-refractivity contribution in [2.24, 2.45) is 0 Å². The highest BCUT2D eigenvalue weighted by molar-refractivity contribution is 5.94. The summed E-state index contributed by atoms with van der Waals surface area (Å²) in [6.45, 7) is 13.9. The molecule has 0 radical (unpaired) electrons. The van der Waals surface area contributed by atoms with Gasteiger partial charge in [-0.15, -0.1) is 0 Å². The van der Waals surface area contributed by atoms with Crippen LogP contribution in [0.5, 0.6) is 5.75 Å². The van der Waals surface area contributed by atoms with E-state index in [4.69, 9.17) is 9.47 Å². The standard InChI is InChI=1S/C35H39F2NO5/c1-18-10-11-22(15-27(18)36)33(39)38-13-12-23-20(3)30(32(34(40)41)43-35(5,6)7)29(21(4)26(23)17-38)25-16-28(37)31-24(19(25)2)9-8-14-42-31/h10-11,15-16,32H,8-9,12-14,17H2,1-7H3,(H,40,41)/t32-/m0/s1. The summed E-state index contributed by atoms with van der Waals surface area (Å²) in [5, 5.41) is 10.5. The molecule has 0 aromatic heterocycles. The first-order chi connectivity index (χ1) is 20.2. The number of nitrogens with zero attached hydrogens (tertiary/aromatic N) is 1. The lowest BCUT2D eigenvalue weighted by atomic mass is 9.78. The van der Waals surface area contributed by atoms with Crippen LogP contribution in [0.15, 0.2) is 24.3 Å². The second kappa shape index (κ2) is 11.4. The molecular formula is C35H39F2NO5. The van der Waals surface area contributed by atoms with Gasteiger partial charge in [-0.25, -0.2) is 13.6 Å². The second-order valence-electron chi connectivity index (χ2n) is 12.7. The van der Waals surface area contributed by atoms with E-state index in [1.54, 1.807) is 24.0 Å². The molecule has 2 heterocycles. The third kappa shape index (κ3) is 5.65. The lowest BCUT2D eigenvalue weighted by Crippen LogP contribution is -2.37. The fourth-order valence-corrected chi connectivity index (χ4v) is 6.49. The van der Waals surface area contributed by atoms with Crippen LogP contribution in [0.3, 0.4) is 0 Å². The maximum absolute atomic E-state index is 15.6. The normalized spacial score (nSPS) is 15.4. The number of hydrogen-bond acceptors (Lipinski definition) is 4. The van der Waals surface area contributed by atoms with E-state index >= 15 is 4.39 Å². The number of ether oxygens (including phenoxy) is 2. The summed E-state index contributed by atoms with van der Waals surface area (Å²) in [6.07, 6.45) is 0.597. The number of aryl methyl sites for hydroxylation is 1. The zero-order valence-electron chi connectivity index (χ0n) is 25.9. The molecule has 1 N–H and O–H groups in total. The highest BCUT2D eigenvalue weighted by Gasteiger charge is 2.36. The lowest BCUT2D eigenvalue weighted by Gasteiger charge is -2.36. The van der Waals surface area contributed by atoms with Gasteiger partial charge in [0.1, 0.15) is 5.82 Å². The summed E-state index contributed by atoms with van der Waals surface area (Å²) in [7, 11) is 0. The molecule has 0 spiro atoms. The lowest BCUT2D eigenvalue weighted by molar-refractivity contribution is -0.160. The van der Waals surface area contributed by atoms with E-state index in [0.29, 0.717) is 48.2 Å². The molecule has 8 heteroatoms. The first kappa shape index (κ1) is 30.7. The molecule has 3 aromatic carbocycles. The second-order valence-corrected chi connectivity index (χ2v) is 12.7. The van der Waals surface area contributed by atoms with E-state index in [-0.39, 0.29) is 23.8 Å². The van der Waals surface area contributed by atoms with Crippen molar-refractivity contribution in [2.75, 3.05) is 13.2 Å². The Morgan fingerprint density at radius 2 is 1.67 bits per heavy atom. The Morgan fingerprint density at radius 1 is 0.953 bits per heavy atom. The molecule has 1 amide bonds. The van der Waals surface area contributed by atoms with Gasteiger partial charge in [0.2, 0.25) is 0 Å². The van der Waals surface area contributed by atoms with E-state index in [2.05, 4.69) is 0 Å². The number of rotatable bonds is 5. The van der Waals surface area contributed by atoms with Crippen molar-refractivity contribution in [3.05, 3.63) is 86.0 Å². The number of amides is 1. The molecular weight excluding hydrogens is 552 g/mol. The van der Waals surface area contributed by atoms with Gasteiger partial charge >= 0.3 is 5.97 Å². The average molecular weight is 592 g/mol. The maximum Gasteiger partial charge on any atom is 0.337 e. The average Bonchev–Trinajstić information content (AvgIpc) is 2.96. The number of halogens is 2. The number of carboxylic acid groups (broad SMARTS) is 1. The fourth-order valence-electron chi connectivity index (χ4n) is 6.49. The molecule has 0 saturated carbocycles. The summed E-state index contributed by atoms with van der Waals surface area (Å²) in [5.41, 5.74) is 6.65. The summed E-state index contributed by atoms with van der Waals surface area (Å²) in [5.74, 6) is -2.08. The van der Waals surface area contributed by atoms with Crippen LogP contribution < -0.4 is 4.74 Å². The quantitative estimate of drug-likeness (QED) is 0.336. The molecule has 0 saturated heterocycles.